The van der Waals surface area contributed by atoms with Crippen LogP contribution in [0.1, 0.15) is 13.8 Å². The van der Waals surface area contributed by atoms with Crippen LogP contribution in [0.4, 0.5) is 0 Å². The molecule has 0 bridgehead atoms. The summed E-state index contributed by atoms with van der Waals surface area (Å²) < 4.78 is 0. The zero-order valence-corrected chi connectivity index (χ0v) is 7.96. The molecule has 0 aromatic heterocycles. The molecule has 1 heteroatoms. The summed E-state index contributed by atoms with van der Waals surface area (Å²) in [5, 5.41) is 1.56. The van der Waals surface area contributed by atoms with Crippen molar-refractivity contribution in [1.82, 2.24) is 0 Å². The van der Waals surface area contributed by atoms with Crippen LogP contribution in [-0.4, -0.2) is 0 Å². The summed E-state index contributed by atoms with van der Waals surface area (Å²) in [4.78, 5) is 0. The van der Waals surface area contributed by atoms with Crippen LogP contribution in [0.3, 0.4) is 0 Å². The molecule has 6 heavy (non-hydrogen) atoms. The van der Waals surface area contributed by atoms with Crippen molar-refractivity contribution in [3.8, 4) is 0 Å². The Bertz CT molecular complexity index is 25.1. The van der Waals surface area contributed by atoms with E-state index in [2.05, 4.69) is 19.4 Å². The molecule has 0 saturated carbocycles. The summed E-state index contributed by atoms with van der Waals surface area (Å²) in [5.41, 5.74) is 2.41. The predicted molar refractivity (Wildman–Crippen MR) is 25.5 cm³/mol. The molecule has 0 atom stereocenters. The van der Waals surface area contributed by atoms with E-state index in [1.54, 1.807) is 5.02 Å². The van der Waals surface area contributed by atoms with Gasteiger partial charge in [-0.25, -0.2) is 0 Å². The van der Waals surface area contributed by atoms with Crippen LogP contribution >= 0.6 is 0 Å². The zero-order chi connectivity index (χ0) is 4.99. The van der Waals surface area contributed by atoms with Gasteiger partial charge in [0.15, 0.2) is 0 Å². The van der Waals surface area contributed by atoms with Gasteiger partial charge in [-0.1, -0.05) is 0 Å². The summed E-state index contributed by atoms with van der Waals surface area (Å²) >= 11 is 0.0289. The molecule has 0 saturated heterocycles. The molecule has 0 amide bonds. The van der Waals surface area contributed by atoms with Crippen molar-refractivity contribution in [3.63, 3.8) is 0 Å². The first-order valence-electron chi connectivity index (χ1n) is 2.77. The van der Waals surface area contributed by atoms with Crippen LogP contribution in [0.5, 0.6) is 0 Å². The quantitative estimate of drug-likeness (QED) is 0.512. The minimum atomic E-state index is 0.0289. The third kappa shape index (κ3) is 4.62. The summed E-state index contributed by atoms with van der Waals surface area (Å²) in [7, 11) is 0. The van der Waals surface area contributed by atoms with Gasteiger partial charge < -0.3 is 0 Å². The first-order valence-corrected chi connectivity index (χ1v) is 7.84. The predicted octanol–water partition coefficient (Wildman–Crippen LogP) is 2.19. The van der Waals surface area contributed by atoms with E-state index in [4.69, 9.17) is 0 Å². The van der Waals surface area contributed by atoms with Crippen LogP contribution in [0.2, 0.25) is 10.5 Å². The van der Waals surface area contributed by atoms with E-state index in [-0.39, 0.29) is 17.1 Å². The van der Waals surface area contributed by atoms with Gasteiger partial charge in [0.1, 0.15) is 0 Å². The van der Waals surface area contributed by atoms with Gasteiger partial charge in [0, 0.05) is 0 Å². The molecule has 0 aliphatic carbocycles. The van der Waals surface area contributed by atoms with Gasteiger partial charge in [0.05, 0.1) is 0 Å². The normalized spacial score (nSPS) is 8.67. The SMILES string of the molecule is [CH3][Zn][CH2]C(C)C. The third-order valence-electron chi connectivity index (χ3n) is 0.866. The average Bonchev–Trinajstić information content (AvgIpc) is 1.35. The summed E-state index contributed by atoms with van der Waals surface area (Å²) in [6.45, 7) is 4.60. The molecule has 0 nitrogen and oxygen atoms in total. The molecule has 0 spiro atoms. The number of hydrogen-bond acceptors (Lipinski definition) is 0. The molecule has 0 N–H and O–H groups in total. The second kappa shape index (κ2) is 3.80. The Morgan fingerprint density at radius 3 is 2.00 bits per heavy atom. The first-order chi connectivity index (χ1) is 2.77. The average molecular weight is 138 g/mol. The molecule has 0 aliphatic heterocycles. The fraction of sp³-hybridized carbons (Fsp3) is 1.00. The monoisotopic (exact) mass is 136 g/mol. The maximum absolute atomic E-state index is 2.41. The van der Waals surface area contributed by atoms with Gasteiger partial charge >= 0.3 is 47.4 Å². The molecule has 0 aliphatic rings. The molecule has 0 unspecified atom stereocenters. The molecule has 34 valence electrons. The van der Waals surface area contributed by atoms with E-state index >= 15 is 0 Å². The van der Waals surface area contributed by atoms with Crippen molar-refractivity contribution in [2.45, 2.75) is 24.4 Å². The molecule has 0 fully saturated rings. The van der Waals surface area contributed by atoms with Crippen LogP contribution in [0.25, 0.3) is 0 Å². The van der Waals surface area contributed by atoms with Crippen molar-refractivity contribution in [2.24, 2.45) is 5.92 Å². The van der Waals surface area contributed by atoms with Crippen LogP contribution in [-0.2, 0) is 17.1 Å². The van der Waals surface area contributed by atoms with E-state index in [9.17, 15) is 0 Å². The van der Waals surface area contributed by atoms with Gasteiger partial charge in [-0.05, 0) is 0 Å². The van der Waals surface area contributed by atoms with Crippen LogP contribution in [0, 0.1) is 5.92 Å². The first kappa shape index (κ1) is 6.62. The van der Waals surface area contributed by atoms with E-state index in [0.29, 0.717) is 0 Å². The second-order valence-corrected chi connectivity index (χ2v) is 5.49. The van der Waals surface area contributed by atoms with Crippen molar-refractivity contribution in [1.29, 1.82) is 0 Å². The van der Waals surface area contributed by atoms with E-state index < -0.39 is 0 Å². The van der Waals surface area contributed by atoms with Crippen molar-refractivity contribution in [2.75, 3.05) is 0 Å². The zero-order valence-electron chi connectivity index (χ0n) is 4.99. The standard InChI is InChI=1S/C4H9.CH3.Zn/c1-4(2)3;;/h4H,1H2,2-3H3;1H3;. The van der Waals surface area contributed by atoms with Gasteiger partial charge in [-0.3, -0.25) is 0 Å². The Kier molecular flexibility index (Phi) is 4.20. The second-order valence-electron chi connectivity index (χ2n) is 2.18. The van der Waals surface area contributed by atoms with E-state index in [1.807, 2.05) is 0 Å². The van der Waals surface area contributed by atoms with Crippen molar-refractivity contribution >= 4 is 0 Å². The van der Waals surface area contributed by atoms with Gasteiger partial charge in [-0.2, -0.15) is 0 Å². The minimum absolute atomic E-state index is 0.0289. The van der Waals surface area contributed by atoms with Crippen molar-refractivity contribution in [3.05, 3.63) is 0 Å². The molecule has 0 radical (unpaired) electrons. The molecule has 0 rings (SSSR count). The Morgan fingerprint density at radius 2 is 2.00 bits per heavy atom. The summed E-state index contributed by atoms with van der Waals surface area (Å²) in [5.74, 6) is 0.981. The Morgan fingerprint density at radius 1 is 1.50 bits per heavy atom. The Hall–Kier alpha value is 0.623. The molecule has 0 heterocycles. The fourth-order valence-corrected chi connectivity index (χ4v) is 3.00. The topological polar surface area (TPSA) is 0 Å². The Labute approximate surface area is 47.9 Å². The summed E-state index contributed by atoms with van der Waals surface area (Å²) in [6.07, 6.45) is 0. The van der Waals surface area contributed by atoms with Crippen LogP contribution < -0.4 is 0 Å². The Balaban J connectivity index is 2.63. The maximum atomic E-state index is 2.41. The molecular weight excluding hydrogens is 125 g/mol. The van der Waals surface area contributed by atoms with E-state index in [1.165, 1.54) is 0 Å². The number of hydrogen-bond donors (Lipinski definition) is 0. The molecular formula is C5H12Zn. The number of rotatable bonds is 2. The van der Waals surface area contributed by atoms with Gasteiger partial charge in [0.2, 0.25) is 0 Å². The molecule has 0 aromatic rings. The van der Waals surface area contributed by atoms with Crippen LogP contribution in [0.15, 0.2) is 0 Å². The summed E-state index contributed by atoms with van der Waals surface area (Å²) in [6, 6.07) is 0. The van der Waals surface area contributed by atoms with E-state index in [0.717, 1.165) is 5.92 Å². The fourth-order valence-electron chi connectivity index (χ4n) is 0.577. The van der Waals surface area contributed by atoms with Crippen molar-refractivity contribution < 1.29 is 17.1 Å². The third-order valence-corrected chi connectivity index (χ3v) is 4.50. The van der Waals surface area contributed by atoms with Gasteiger partial charge in [0.25, 0.3) is 0 Å². The molecule has 0 aromatic carbocycles. The van der Waals surface area contributed by atoms with Gasteiger partial charge in [-0.15, -0.1) is 0 Å².